The summed E-state index contributed by atoms with van der Waals surface area (Å²) in [6, 6.07) is 5.07. The smallest absolute Gasteiger partial charge is 0.342 e. The van der Waals surface area contributed by atoms with Crippen LogP contribution in [-0.2, 0) is 4.74 Å². The van der Waals surface area contributed by atoms with Crippen molar-refractivity contribution < 1.29 is 14.3 Å². The molecule has 5 heteroatoms. The molecule has 0 spiro atoms. The van der Waals surface area contributed by atoms with Crippen LogP contribution in [0.2, 0.25) is 0 Å². The van der Waals surface area contributed by atoms with Crippen LogP contribution in [0.5, 0.6) is 5.75 Å². The van der Waals surface area contributed by atoms with E-state index in [4.69, 9.17) is 15.2 Å². The van der Waals surface area contributed by atoms with E-state index in [0.717, 1.165) is 19.5 Å². The first kappa shape index (κ1) is 12.7. The zero-order chi connectivity index (χ0) is 13.1. The molecule has 1 aliphatic rings. The second-order valence-electron chi connectivity index (χ2n) is 4.51. The standard InChI is InChI=1S/C13H18N2O3/c1-15-7-6-9(8-15)18-13(16)10-4-3-5-11(14)12(10)17-2/h3-5,9H,6-8,14H2,1-2H3. The van der Waals surface area contributed by atoms with Gasteiger partial charge in [0.15, 0.2) is 5.75 Å². The molecule has 1 heterocycles. The van der Waals surface area contributed by atoms with Crippen LogP contribution >= 0.6 is 0 Å². The SMILES string of the molecule is COc1c(N)cccc1C(=O)OC1CCN(C)C1. The number of likely N-dealkylation sites (N-methyl/N-ethyl adjacent to an activating group) is 1. The third-order valence-corrected chi connectivity index (χ3v) is 3.09. The predicted molar refractivity (Wildman–Crippen MR) is 68.7 cm³/mol. The summed E-state index contributed by atoms with van der Waals surface area (Å²) < 4.78 is 10.6. The molecule has 1 fully saturated rings. The lowest BCUT2D eigenvalue weighted by Crippen LogP contribution is -2.22. The van der Waals surface area contributed by atoms with Crippen molar-refractivity contribution in [2.75, 3.05) is 33.0 Å². The molecule has 1 atom stereocenters. The number of rotatable bonds is 3. The van der Waals surface area contributed by atoms with Gasteiger partial charge in [-0.25, -0.2) is 4.79 Å². The number of ether oxygens (including phenoxy) is 2. The van der Waals surface area contributed by atoms with Gasteiger partial charge in [0.05, 0.1) is 12.8 Å². The molecule has 0 radical (unpaired) electrons. The number of hydrogen-bond donors (Lipinski definition) is 1. The number of nitrogens with zero attached hydrogens (tertiary/aromatic N) is 1. The summed E-state index contributed by atoms with van der Waals surface area (Å²) in [6.45, 7) is 1.72. The fourth-order valence-corrected chi connectivity index (χ4v) is 2.15. The lowest BCUT2D eigenvalue weighted by Gasteiger charge is -2.14. The molecule has 1 aromatic carbocycles. The molecule has 0 saturated carbocycles. The molecule has 0 aromatic heterocycles. The Morgan fingerprint density at radius 3 is 2.89 bits per heavy atom. The van der Waals surface area contributed by atoms with E-state index in [9.17, 15) is 4.79 Å². The van der Waals surface area contributed by atoms with E-state index in [2.05, 4.69) is 4.90 Å². The molecular formula is C13H18N2O3. The molecule has 18 heavy (non-hydrogen) atoms. The first-order chi connectivity index (χ1) is 8.61. The van der Waals surface area contributed by atoms with Crippen LogP contribution in [0.4, 0.5) is 5.69 Å². The van der Waals surface area contributed by atoms with Gasteiger partial charge in [-0.3, -0.25) is 0 Å². The van der Waals surface area contributed by atoms with E-state index < -0.39 is 0 Å². The number of hydrogen-bond acceptors (Lipinski definition) is 5. The molecule has 2 rings (SSSR count). The van der Waals surface area contributed by atoms with Crippen molar-refractivity contribution in [2.45, 2.75) is 12.5 Å². The zero-order valence-electron chi connectivity index (χ0n) is 10.7. The Hall–Kier alpha value is -1.75. The lowest BCUT2D eigenvalue weighted by atomic mass is 10.1. The van der Waals surface area contributed by atoms with E-state index in [1.165, 1.54) is 7.11 Å². The van der Waals surface area contributed by atoms with Crippen LogP contribution in [0.25, 0.3) is 0 Å². The maximum atomic E-state index is 12.1. The van der Waals surface area contributed by atoms with Crippen LogP contribution in [0.15, 0.2) is 18.2 Å². The van der Waals surface area contributed by atoms with Gasteiger partial charge in [-0.2, -0.15) is 0 Å². The van der Waals surface area contributed by atoms with Crippen molar-refractivity contribution in [3.05, 3.63) is 23.8 Å². The van der Waals surface area contributed by atoms with E-state index in [1.807, 2.05) is 7.05 Å². The third kappa shape index (κ3) is 2.56. The van der Waals surface area contributed by atoms with Gasteiger partial charge in [0.2, 0.25) is 0 Å². The molecule has 0 aliphatic carbocycles. The Morgan fingerprint density at radius 2 is 2.28 bits per heavy atom. The average Bonchev–Trinajstić information content (AvgIpc) is 2.74. The Bertz CT molecular complexity index is 448. The molecule has 1 unspecified atom stereocenters. The highest BCUT2D eigenvalue weighted by molar-refractivity contribution is 5.94. The topological polar surface area (TPSA) is 64.8 Å². The van der Waals surface area contributed by atoms with Gasteiger partial charge in [-0.05, 0) is 25.6 Å². The van der Waals surface area contributed by atoms with E-state index in [0.29, 0.717) is 17.0 Å². The number of nitrogens with two attached hydrogens (primary N) is 1. The first-order valence-corrected chi connectivity index (χ1v) is 5.94. The zero-order valence-corrected chi connectivity index (χ0v) is 10.7. The minimum Gasteiger partial charge on any atom is -0.494 e. The number of methoxy groups -OCH3 is 1. The van der Waals surface area contributed by atoms with Gasteiger partial charge >= 0.3 is 5.97 Å². The largest absolute Gasteiger partial charge is 0.494 e. The molecule has 1 saturated heterocycles. The van der Waals surface area contributed by atoms with Crippen LogP contribution in [0, 0.1) is 0 Å². The van der Waals surface area contributed by atoms with Gasteiger partial charge in [-0.15, -0.1) is 0 Å². The number of para-hydroxylation sites is 1. The van der Waals surface area contributed by atoms with Gasteiger partial charge in [0.25, 0.3) is 0 Å². The van der Waals surface area contributed by atoms with Crippen molar-refractivity contribution in [1.29, 1.82) is 0 Å². The quantitative estimate of drug-likeness (QED) is 0.643. The molecule has 1 aliphatic heterocycles. The number of carbonyl (C=O) groups excluding carboxylic acids is 1. The number of likely N-dealkylation sites (tertiary alicyclic amines) is 1. The molecule has 1 aromatic rings. The minimum absolute atomic E-state index is 0.0476. The van der Waals surface area contributed by atoms with Crippen molar-refractivity contribution in [3.8, 4) is 5.75 Å². The molecular weight excluding hydrogens is 232 g/mol. The number of nitrogen functional groups attached to an aromatic ring is 1. The highest BCUT2D eigenvalue weighted by Gasteiger charge is 2.25. The Labute approximate surface area is 106 Å². The summed E-state index contributed by atoms with van der Waals surface area (Å²) in [4.78, 5) is 14.2. The molecule has 98 valence electrons. The van der Waals surface area contributed by atoms with Gasteiger partial charge in [0.1, 0.15) is 11.7 Å². The second kappa shape index (κ2) is 5.27. The summed E-state index contributed by atoms with van der Waals surface area (Å²) in [5.74, 6) is 0.00769. The summed E-state index contributed by atoms with van der Waals surface area (Å²) in [5.41, 5.74) is 6.58. The van der Waals surface area contributed by atoms with E-state index >= 15 is 0 Å². The number of anilines is 1. The lowest BCUT2D eigenvalue weighted by molar-refractivity contribution is 0.0324. The van der Waals surface area contributed by atoms with Gasteiger partial charge in [0, 0.05) is 13.1 Å². The third-order valence-electron chi connectivity index (χ3n) is 3.09. The molecule has 5 nitrogen and oxygen atoms in total. The van der Waals surface area contributed by atoms with Crippen molar-refractivity contribution in [2.24, 2.45) is 0 Å². The highest BCUT2D eigenvalue weighted by atomic mass is 16.5. The summed E-state index contributed by atoms with van der Waals surface area (Å²) in [5, 5.41) is 0. The summed E-state index contributed by atoms with van der Waals surface area (Å²) in [6.07, 6.45) is 0.820. The fraction of sp³-hybridized carbons (Fsp3) is 0.462. The Balaban J connectivity index is 2.11. The highest BCUT2D eigenvalue weighted by Crippen LogP contribution is 2.27. The van der Waals surface area contributed by atoms with Crippen LogP contribution < -0.4 is 10.5 Å². The predicted octanol–water partition coefficient (Wildman–Crippen LogP) is 1.14. The summed E-state index contributed by atoms with van der Waals surface area (Å²) >= 11 is 0. The van der Waals surface area contributed by atoms with Gasteiger partial charge < -0.3 is 20.1 Å². The Morgan fingerprint density at radius 1 is 1.50 bits per heavy atom. The number of benzene rings is 1. The van der Waals surface area contributed by atoms with Gasteiger partial charge in [-0.1, -0.05) is 6.07 Å². The monoisotopic (exact) mass is 250 g/mol. The summed E-state index contributed by atoms with van der Waals surface area (Å²) in [7, 11) is 3.50. The molecule has 0 amide bonds. The van der Waals surface area contributed by atoms with E-state index in [-0.39, 0.29) is 12.1 Å². The maximum Gasteiger partial charge on any atom is 0.342 e. The van der Waals surface area contributed by atoms with Crippen LogP contribution in [-0.4, -0.2) is 44.2 Å². The van der Waals surface area contributed by atoms with Crippen molar-refractivity contribution >= 4 is 11.7 Å². The maximum absolute atomic E-state index is 12.1. The number of esters is 1. The number of carbonyl (C=O) groups is 1. The van der Waals surface area contributed by atoms with Crippen molar-refractivity contribution in [3.63, 3.8) is 0 Å². The van der Waals surface area contributed by atoms with Crippen LogP contribution in [0.3, 0.4) is 0 Å². The molecule has 0 bridgehead atoms. The minimum atomic E-state index is -0.376. The second-order valence-corrected chi connectivity index (χ2v) is 4.51. The first-order valence-electron chi connectivity index (χ1n) is 5.94. The normalized spacial score (nSPS) is 19.8. The average molecular weight is 250 g/mol. The van der Waals surface area contributed by atoms with Crippen molar-refractivity contribution in [1.82, 2.24) is 4.90 Å². The van der Waals surface area contributed by atoms with Crippen LogP contribution in [0.1, 0.15) is 16.8 Å². The van der Waals surface area contributed by atoms with E-state index in [1.54, 1.807) is 18.2 Å². The fourth-order valence-electron chi connectivity index (χ4n) is 2.15. The molecule has 2 N–H and O–H groups in total. The Kier molecular flexibility index (Phi) is 3.72.